The molecular formula is C27H40N2O2. The van der Waals surface area contributed by atoms with E-state index in [9.17, 15) is 9.59 Å². The van der Waals surface area contributed by atoms with Gasteiger partial charge in [-0.15, -0.1) is 0 Å². The Labute approximate surface area is 188 Å². The maximum absolute atomic E-state index is 13.6. The molecule has 4 heteroatoms. The number of hydrogen-bond acceptors (Lipinski definition) is 3. The van der Waals surface area contributed by atoms with Crippen molar-refractivity contribution in [3.8, 4) is 0 Å². The minimum Gasteiger partial charge on any atom is -0.273 e. The van der Waals surface area contributed by atoms with Crippen molar-refractivity contribution in [2.24, 2.45) is 16.7 Å². The summed E-state index contributed by atoms with van der Waals surface area (Å²) in [5.41, 5.74) is 1.38. The summed E-state index contributed by atoms with van der Waals surface area (Å²) in [5.74, 6) is 0.796. The van der Waals surface area contributed by atoms with Gasteiger partial charge in [-0.3, -0.25) is 9.59 Å². The molecule has 2 amide bonds. The summed E-state index contributed by atoms with van der Waals surface area (Å²) < 4.78 is 0. The molecular weight excluding hydrogens is 384 g/mol. The van der Waals surface area contributed by atoms with Gasteiger partial charge in [-0.05, 0) is 74.7 Å². The number of benzene rings is 1. The van der Waals surface area contributed by atoms with Gasteiger partial charge in [-0.1, -0.05) is 57.0 Å². The third-order valence-electron chi connectivity index (χ3n) is 8.44. The lowest BCUT2D eigenvalue weighted by molar-refractivity contribution is -0.163. The molecule has 4 nitrogen and oxygen atoms in total. The smallest absolute Gasteiger partial charge is 0.250 e. The van der Waals surface area contributed by atoms with E-state index in [0.29, 0.717) is 17.8 Å². The highest BCUT2D eigenvalue weighted by molar-refractivity contribution is 6.05. The largest absolute Gasteiger partial charge is 0.273 e. The maximum atomic E-state index is 13.6. The number of amides is 2. The van der Waals surface area contributed by atoms with E-state index in [-0.39, 0.29) is 11.8 Å². The number of hydrogen-bond donors (Lipinski definition) is 0. The van der Waals surface area contributed by atoms with Crippen LogP contribution >= 0.6 is 0 Å². The lowest BCUT2D eigenvalue weighted by Crippen LogP contribution is -2.52. The van der Waals surface area contributed by atoms with Gasteiger partial charge >= 0.3 is 0 Å². The SMILES string of the molecule is CCCC1(CCC)CCC2(CC1)CC(=O)N(N1CCC(Cc3ccccc3)CC1)C2=O. The molecule has 1 aliphatic carbocycles. The Balaban J connectivity index is 1.36. The molecule has 1 saturated carbocycles. The summed E-state index contributed by atoms with van der Waals surface area (Å²) in [7, 11) is 0. The minimum absolute atomic E-state index is 0.0463. The van der Waals surface area contributed by atoms with Crippen LogP contribution in [0.4, 0.5) is 0 Å². The van der Waals surface area contributed by atoms with Crippen molar-refractivity contribution in [1.29, 1.82) is 0 Å². The molecule has 1 spiro atoms. The van der Waals surface area contributed by atoms with Crippen LogP contribution in [0.1, 0.15) is 90.0 Å². The highest BCUT2D eigenvalue weighted by Gasteiger charge is 2.56. The number of nitrogens with zero attached hydrogens (tertiary/aromatic N) is 2. The topological polar surface area (TPSA) is 40.6 Å². The molecule has 3 fully saturated rings. The zero-order chi connectivity index (χ0) is 21.9. The number of imide groups is 1. The Hall–Kier alpha value is -1.68. The fourth-order valence-electron chi connectivity index (χ4n) is 6.67. The first-order chi connectivity index (χ1) is 15.0. The van der Waals surface area contributed by atoms with Crippen LogP contribution in [0.3, 0.4) is 0 Å². The van der Waals surface area contributed by atoms with Gasteiger partial charge in [0.15, 0.2) is 0 Å². The lowest BCUT2D eigenvalue weighted by atomic mass is 9.60. The molecule has 1 aromatic rings. The average molecular weight is 425 g/mol. The van der Waals surface area contributed by atoms with Crippen molar-refractivity contribution in [1.82, 2.24) is 10.0 Å². The molecule has 2 heterocycles. The van der Waals surface area contributed by atoms with E-state index in [4.69, 9.17) is 0 Å². The Kier molecular flexibility index (Phi) is 6.86. The van der Waals surface area contributed by atoms with E-state index in [2.05, 4.69) is 49.2 Å². The van der Waals surface area contributed by atoms with Crippen molar-refractivity contribution >= 4 is 11.8 Å². The predicted octanol–water partition coefficient (Wildman–Crippen LogP) is 5.76. The molecule has 31 heavy (non-hydrogen) atoms. The van der Waals surface area contributed by atoms with Gasteiger partial charge in [-0.25, -0.2) is 10.0 Å². The zero-order valence-electron chi connectivity index (χ0n) is 19.6. The molecule has 170 valence electrons. The molecule has 0 aromatic heterocycles. The second kappa shape index (κ2) is 9.44. The summed E-state index contributed by atoms with van der Waals surface area (Å²) >= 11 is 0. The first kappa shape index (κ1) is 22.5. The lowest BCUT2D eigenvalue weighted by Gasteiger charge is -2.44. The summed E-state index contributed by atoms with van der Waals surface area (Å²) in [6, 6.07) is 10.7. The van der Waals surface area contributed by atoms with Gasteiger partial charge in [0.25, 0.3) is 5.91 Å². The third-order valence-corrected chi connectivity index (χ3v) is 8.44. The molecule has 4 rings (SSSR count). The van der Waals surface area contributed by atoms with Crippen LogP contribution in [0.25, 0.3) is 0 Å². The van der Waals surface area contributed by atoms with Crippen molar-refractivity contribution < 1.29 is 9.59 Å². The summed E-state index contributed by atoms with van der Waals surface area (Å²) in [6.45, 7) is 6.19. The summed E-state index contributed by atoms with van der Waals surface area (Å²) in [6.07, 6.45) is 12.6. The van der Waals surface area contributed by atoms with Crippen molar-refractivity contribution in [2.45, 2.75) is 90.9 Å². The van der Waals surface area contributed by atoms with Crippen LogP contribution in [0.5, 0.6) is 0 Å². The van der Waals surface area contributed by atoms with Gasteiger partial charge < -0.3 is 0 Å². The number of rotatable bonds is 7. The highest BCUT2D eigenvalue weighted by Crippen LogP contribution is 2.54. The quantitative estimate of drug-likeness (QED) is 0.522. The normalized spacial score (nSPS) is 24.3. The van der Waals surface area contributed by atoms with Crippen LogP contribution < -0.4 is 0 Å². The van der Waals surface area contributed by atoms with E-state index >= 15 is 0 Å². The molecule has 0 bridgehead atoms. The Bertz CT molecular complexity index is 751. The number of carbonyl (C=O) groups is 2. The van der Waals surface area contributed by atoms with E-state index in [1.165, 1.54) is 31.2 Å². The fourth-order valence-corrected chi connectivity index (χ4v) is 6.67. The van der Waals surface area contributed by atoms with Gasteiger partial charge in [-0.2, -0.15) is 0 Å². The second-order valence-electron chi connectivity index (χ2n) is 10.6. The standard InChI is InChI=1S/C27H40N2O2/c1-3-12-26(13-4-2)14-16-27(17-15-26)21-24(30)29(25(27)31)28-18-10-23(11-19-28)20-22-8-6-5-7-9-22/h5-9,23H,3-4,10-21H2,1-2H3. The van der Waals surface area contributed by atoms with E-state index in [1.54, 1.807) is 5.01 Å². The molecule has 3 aliphatic rings. The Morgan fingerprint density at radius 3 is 2.10 bits per heavy atom. The molecule has 0 atom stereocenters. The van der Waals surface area contributed by atoms with Crippen LogP contribution in [-0.2, 0) is 16.0 Å². The van der Waals surface area contributed by atoms with Gasteiger partial charge in [0, 0.05) is 19.5 Å². The van der Waals surface area contributed by atoms with Crippen molar-refractivity contribution in [3.63, 3.8) is 0 Å². The fraction of sp³-hybridized carbons (Fsp3) is 0.704. The minimum atomic E-state index is -0.414. The van der Waals surface area contributed by atoms with Crippen molar-refractivity contribution in [2.75, 3.05) is 13.1 Å². The predicted molar refractivity (Wildman–Crippen MR) is 124 cm³/mol. The molecule has 0 radical (unpaired) electrons. The molecule has 0 unspecified atom stereocenters. The zero-order valence-corrected chi connectivity index (χ0v) is 19.6. The van der Waals surface area contributed by atoms with Crippen LogP contribution in [0, 0.1) is 16.7 Å². The molecule has 0 N–H and O–H groups in total. The van der Waals surface area contributed by atoms with Crippen LogP contribution in [-0.4, -0.2) is 34.9 Å². The van der Waals surface area contributed by atoms with Crippen molar-refractivity contribution in [3.05, 3.63) is 35.9 Å². The average Bonchev–Trinajstić information content (AvgIpc) is 3.02. The summed E-state index contributed by atoms with van der Waals surface area (Å²) in [4.78, 5) is 26.6. The van der Waals surface area contributed by atoms with Gasteiger partial charge in [0.2, 0.25) is 5.91 Å². The molecule has 2 saturated heterocycles. The van der Waals surface area contributed by atoms with E-state index in [0.717, 1.165) is 58.0 Å². The van der Waals surface area contributed by atoms with E-state index in [1.807, 2.05) is 0 Å². The number of carbonyl (C=O) groups excluding carboxylic acids is 2. The Morgan fingerprint density at radius 2 is 1.52 bits per heavy atom. The number of piperidine rings is 1. The number of hydrazine groups is 1. The second-order valence-corrected chi connectivity index (χ2v) is 10.6. The van der Waals surface area contributed by atoms with Crippen LogP contribution in [0.2, 0.25) is 0 Å². The summed E-state index contributed by atoms with van der Waals surface area (Å²) in [5, 5.41) is 3.65. The third kappa shape index (κ3) is 4.60. The first-order valence-corrected chi connectivity index (χ1v) is 12.7. The monoisotopic (exact) mass is 424 g/mol. The van der Waals surface area contributed by atoms with Crippen LogP contribution in [0.15, 0.2) is 30.3 Å². The van der Waals surface area contributed by atoms with Gasteiger partial charge in [0.05, 0.1) is 5.41 Å². The van der Waals surface area contributed by atoms with Gasteiger partial charge in [0.1, 0.15) is 0 Å². The maximum Gasteiger partial charge on any atom is 0.250 e. The highest BCUT2D eigenvalue weighted by atomic mass is 16.2. The molecule has 2 aliphatic heterocycles. The Morgan fingerprint density at radius 1 is 0.903 bits per heavy atom. The van der Waals surface area contributed by atoms with E-state index < -0.39 is 5.41 Å². The molecule has 1 aromatic carbocycles. The first-order valence-electron chi connectivity index (χ1n) is 12.7.